The first-order chi connectivity index (χ1) is 14.6. The number of aromatic nitrogens is 2. The second-order valence-electron chi connectivity index (χ2n) is 7.22. The number of hydrogen-bond donors (Lipinski definition) is 2. The molecule has 0 radical (unpaired) electrons. The molecule has 0 aliphatic carbocycles. The highest BCUT2D eigenvalue weighted by Gasteiger charge is 2.09. The summed E-state index contributed by atoms with van der Waals surface area (Å²) >= 11 is 0. The Kier molecular flexibility index (Phi) is 7.54. The number of guanidine groups is 1. The van der Waals surface area contributed by atoms with Crippen LogP contribution in [0.2, 0.25) is 0 Å². The molecule has 3 aromatic rings. The summed E-state index contributed by atoms with van der Waals surface area (Å²) in [6.45, 7) is 6.21. The summed E-state index contributed by atoms with van der Waals surface area (Å²) in [5, 5.41) is 11.3. The van der Waals surface area contributed by atoms with Gasteiger partial charge in [-0.25, -0.2) is 4.99 Å². The molecule has 0 spiro atoms. The second kappa shape index (κ2) is 10.5. The topological polar surface area (TPSA) is 76.6 Å². The summed E-state index contributed by atoms with van der Waals surface area (Å²) in [7, 11) is 3.64. The number of nitrogens with one attached hydrogen (secondary N) is 2. The van der Waals surface area contributed by atoms with Crippen LogP contribution in [0.5, 0.6) is 5.75 Å². The van der Waals surface area contributed by atoms with Crippen LogP contribution in [-0.4, -0.2) is 35.9 Å². The highest BCUT2D eigenvalue weighted by molar-refractivity contribution is 5.79. The summed E-state index contributed by atoms with van der Waals surface area (Å²) in [6.07, 6.45) is 3.40. The van der Waals surface area contributed by atoms with E-state index in [-0.39, 0.29) is 0 Å². The predicted molar refractivity (Wildman–Crippen MR) is 119 cm³/mol. The number of rotatable bonds is 9. The number of ether oxygens (including phenoxy) is 1. The lowest BCUT2D eigenvalue weighted by atomic mass is 10.1. The minimum absolute atomic E-state index is 0.587. The summed E-state index contributed by atoms with van der Waals surface area (Å²) in [6, 6.07) is 12.0. The zero-order chi connectivity index (χ0) is 21.3. The van der Waals surface area contributed by atoms with Crippen LogP contribution in [0.15, 0.2) is 52.1 Å². The summed E-state index contributed by atoms with van der Waals surface area (Å²) < 4.78 is 12.5. The molecule has 7 nitrogen and oxygen atoms in total. The summed E-state index contributed by atoms with van der Waals surface area (Å²) in [5.74, 6) is 2.62. The Bertz CT molecular complexity index is 943. The van der Waals surface area contributed by atoms with E-state index in [1.807, 2.05) is 42.9 Å². The van der Waals surface area contributed by atoms with Crippen molar-refractivity contribution in [3.05, 3.63) is 70.9 Å². The molecule has 2 heterocycles. The molecular weight excluding hydrogens is 378 g/mol. The monoisotopic (exact) mass is 409 g/mol. The average Bonchev–Trinajstić information content (AvgIpc) is 3.35. The highest BCUT2D eigenvalue weighted by atomic mass is 16.5. The van der Waals surface area contributed by atoms with Crippen LogP contribution in [0, 0.1) is 13.8 Å². The Morgan fingerprint density at radius 3 is 2.43 bits per heavy atom. The number of aryl methyl sites for hydroxylation is 2. The third-order valence-electron chi connectivity index (χ3n) is 5.16. The molecule has 2 N–H and O–H groups in total. The molecule has 1 aromatic carbocycles. The molecular formula is C23H31N5O2. The van der Waals surface area contributed by atoms with E-state index in [9.17, 15) is 0 Å². The Labute approximate surface area is 178 Å². The van der Waals surface area contributed by atoms with Gasteiger partial charge < -0.3 is 19.8 Å². The van der Waals surface area contributed by atoms with Gasteiger partial charge in [0.1, 0.15) is 11.5 Å². The zero-order valence-corrected chi connectivity index (χ0v) is 18.2. The second-order valence-corrected chi connectivity index (χ2v) is 7.22. The van der Waals surface area contributed by atoms with Gasteiger partial charge >= 0.3 is 0 Å². The van der Waals surface area contributed by atoms with Crippen molar-refractivity contribution >= 4 is 5.96 Å². The molecule has 7 heteroatoms. The van der Waals surface area contributed by atoms with Gasteiger partial charge in [-0.1, -0.05) is 12.1 Å². The lowest BCUT2D eigenvalue weighted by molar-refractivity contribution is 0.414. The van der Waals surface area contributed by atoms with Crippen LogP contribution >= 0.6 is 0 Å². The lowest BCUT2D eigenvalue weighted by Crippen LogP contribution is -2.39. The molecule has 160 valence electrons. The van der Waals surface area contributed by atoms with Gasteiger partial charge in [-0.2, -0.15) is 5.10 Å². The first-order valence-electron chi connectivity index (χ1n) is 10.2. The van der Waals surface area contributed by atoms with Crippen LogP contribution in [0.3, 0.4) is 0 Å². The van der Waals surface area contributed by atoms with Gasteiger partial charge in [-0.3, -0.25) is 4.68 Å². The highest BCUT2D eigenvalue weighted by Crippen LogP contribution is 2.13. The Hall–Kier alpha value is -3.22. The van der Waals surface area contributed by atoms with Gasteiger partial charge in [-0.15, -0.1) is 0 Å². The van der Waals surface area contributed by atoms with Crippen LogP contribution in [0.1, 0.15) is 28.3 Å². The molecule has 2 aromatic heterocycles. The van der Waals surface area contributed by atoms with Gasteiger partial charge in [0.15, 0.2) is 5.96 Å². The van der Waals surface area contributed by atoms with Gasteiger partial charge in [0.2, 0.25) is 0 Å². The van der Waals surface area contributed by atoms with E-state index in [1.54, 1.807) is 13.4 Å². The minimum atomic E-state index is 0.587. The molecule has 0 saturated heterocycles. The largest absolute Gasteiger partial charge is 0.497 e. The number of nitrogens with zero attached hydrogens (tertiary/aromatic N) is 3. The predicted octanol–water partition coefficient (Wildman–Crippen LogP) is 3.16. The van der Waals surface area contributed by atoms with Crippen molar-refractivity contribution in [1.29, 1.82) is 0 Å². The third-order valence-corrected chi connectivity index (χ3v) is 5.16. The maximum Gasteiger partial charge on any atom is 0.191 e. The standard InChI is InChI=1S/C23H31N5O2/c1-17-22(18(2)28(3)27-17)16-26-23(25-14-12-21-6-5-15-30-21)24-13-11-19-7-9-20(29-4)10-8-19/h5-10,15H,11-14,16H2,1-4H3,(H2,24,25,26). The summed E-state index contributed by atoms with van der Waals surface area (Å²) in [5.41, 5.74) is 4.58. The number of aliphatic imine (C=N–C) groups is 1. The SMILES string of the molecule is COc1ccc(CCNC(=NCc2c(C)nn(C)c2C)NCCc2ccco2)cc1. The Balaban J connectivity index is 1.59. The van der Waals surface area contributed by atoms with Crippen molar-refractivity contribution in [2.75, 3.05) is 20.2 Å². The summed E-state index contributed by atoms with van der Waals surface area (Å²) in [4.78, 5) is 4.80. The maximum atomic E-state index is 5.42. The molecule has 0 amide bonds. The van der Waals surface area contributed by atoms with Crippen molar-refractivity contribution in [2.24, 2.45) is 12.0 Å². The van der Waals surface area contributed by atoms with Crippen LogP contribution in [-0.2, 0) is 26.4 Å². The molecule has 0 unspecified atom stereocenters. The Morgan fingerprint density at radius 2 is 1.83 bits per heavy atom. The van der Waals surface area contributed by atoms with Crippen LogP contribution < -0.4 is 15.4 Å². The van der Waals surface area contributed by atoms with Crippen molar-refractivity contribution in [3.8, 4) is 5.75 Å². The number of furan rings is 1. The quantitative estimate of drug-likeness (QED) is 0.419. The lowest BCUT2D eigenvalue weighted by Gasteiger charge is -2.13. The van der Waals surface area contributed by atoms with Gasteiger partial charge in [0, 0.05) is 37.8 Å². The molecule has 0 aliphatic rings. The van der Waals surface area contributed by atoms with Crippen molar-refractivity contribution < 1.29 is 9.15 Å². The fraction of sp³-hybridized carbons (Fsp3) is 0.391. The fourth-order valence-electron chi connectivity index (χ4n) is 3.26. The zero-order valence-electron chi connectivity index (χ0n) is 18.2. The number of hydrogen-bond acceptors (Lipinski definition) is 4. The van der Waals surface area contributed by atoms with Gasteiger partial charge in [0.25, 0.3) is 0 Å². The number of methoxy groups -OCH3 is 1. The van der Waals surface area contributed by atoms with E-state index >= 15 is 0 Å². The van der Waals surface area contributed by atoms with E-state index in [0.717, 1.165) is 54.8 Å². The number of benzene rings is 1. The van der Waals surface area contributed by atoms with Crippen molar-refractivity contribution in [2.45, 2.75) is 33.2 Å². The fourth-order valence-corrected chi connectivity index (χ4v) is 3.26. The molecule has 0 atom stereocenters. The van der Waals surface area contributed by atoms with E-state index in [4.69, 9.17) is 14.1 Å². The van der Waals surface area contributed by atoms with Crippen molar-refractivity contribution in [3.63, 3.8) is 0 Å². The molecule has 0 aliphatic heterocycles. The molecule has 0 fully saturated rings. The maximum absolute atomic E-state index is 5.42. The molecule has 0 saturated carbocycles. The van der Waals surface area contributed by atoms with E-state index in [0.29, 0.717) is 6.54 Å². The molecule has 0 bridgehead atoms. The first kappa shape index (κ1) is 21.5. The third kappa shape index (κ3) is 5.89. The minimum Gasteiger partial charge on any atom is -0.497 e. The van der Waals surface area contributed by atoms with Gasteiger partial charge in [0.05, 0.1) is 25.6 Å². The van der Waals surface area contributed by atoms with E-state index in [1.165, 1.54) is 11.1 Å². The van der Waals surface area contributed by atoms with Gasteiger partial charge in [-0.05, 0) is 50.1 Å². The Morgan fingerprint density at radius 1 is 1.10 bits per heavy atom. The average molecular weight is 410 g/mol. The molecule has 30 heavy (non-hydrogen) atoms. The van der Waals surface area contributed by atoms with Crippen molar-refractivity contribution in [1.82, 2.24) is 20.4 Å². The van der Waals surface area contributed by atoms with E-state index < -0.39 is 0 Å². The smallest absolute Gasteiger partial charge is 0.191 e. The normalized spacial score (nSPS) is 11.5. The molecule has 3 rings (SSSR count). The first-order valence-corrected chi connectivity index (χ1v) is 10.2. The van der Waals surface area contributed by atoms with Crippen LogP contribution in [0.4, 0.5) is 0 Å². The van der Waals surface area contributed by atoms with Crippen LogP contribution in [0.25, 0.3) is 0 Å². The van der Waals surface area contributed by atoms with E-state index in [2.05, 4.69) is 34.8 Å².